The first-order valence-electron chi connectivity index (χ1n) is 9.16. The van der Waals surface area contributed by atoms with Gasteiger partial charge < -0.3 is 20.3 Å². The molecule has 2 N–H and O–H groups in total. The number of piperidine rings is 1. The van der Waals surface area contributed by atoms with Crippen molar-refractivity contribution in [1.82, 2.24) is 10.2 Å². The van der Waals surface area contributed by atoms with Crippen molar-refractivity contribution in [1.29, 1.82) is 0 Å². The predicted molar refractivity (Wildman–Crippen MR) is 96.8 cm³/mol. The number of aryl methyl sites for hydroxylation is 1. The van der Waals surface area contributed by atoms with E-state index in [0.717, 1.165) is 55.8 Å². The summed E-state index contributed by atoms with van der Waals surface area (Å²) >= 11 is 0. The lowest BCUT2D eigenvalue weighted by molar-refractivity contribution is -0.132. The average Bonchev–Trinajstić information content (AvgIpc) is 2.65. The van der Waals surface area contributed by atoms with Crippen molar-refractivity contribution in [3.05, 3.63) is 23.8 Å². The maximum Gasteiger partial charge on any atom is 0.224 e. The number of carbonyl (C=O) groups excluding carboxylic acids is 2. The minimum atomic E-state index is 0.0680. The standard InChI is InChI=1S/C19H27N3O3/c1-20-15-8-10-22(11-9-15)19(24)3-2-12-25-16-5-6-17-14(13-16)4-7-18(23)21-17/h5-6,13,15,20H,2-4,7-12H2,1H3,(H,21,23). The van der Waals surface area contributed by atoms with E-state index >= 15 is 0 Å². The highest BCUT2D eigenvalue weighted by Crippen LogP contribution is 2.26. The van der Waals surface area contributed by atoms with Gasteiger partial charge in [0.2, 0.25) is 11.8 Å². The number of rotatable bonds is 6. The molecule has 1 aromatic rings. The van der Waals surface area contributed by atoms with E-state index in [0.29, 0.717) is 25.5 Å². The zero-order valence-corrected chi connectivity index (χ0v) is 14.8. The SMILES string of the molecule is CNC1CCN(C(=O)CCCOc2ccc3c(c2)CCC(=O)N3)CC1. The number of nitrogens with zero attached hydrogens (tertiary/aromatic N) is 1. The van der Waals surface area contributed by atoms with Gasteiger partial charge in [-0.25, -0.2) is 0 Å². The first-order chi connectivity index (χ1) is 12.2. The predicted octanol–water partition coefficient (Wildman–Crippen LogP) is 1.94. The van der Waals surface area contributed by atoms with Gasteiger partial charge in [0.1, 0.15) is 5.75 Å². The molecule has 1 aromatic carbocycles. The summed E-state index contributed by atoms with van der Waals surface area (Å²) in [6.45, 7) is 2.23. The maximum absolute atomic E-state index is 12.2. The van der Waals surface area contributed by atoms with E-state index < -0.39 is 0 Å². The van der Waals surface area contributed by atoms with Gasteiger partial charge in [-0.3, -0.25) is 9.59 Å². The summed E-state index contributed by atoms with van der Waals surface area (Å²) in [5.41, 5.74) is 1.99. The van der Waals surface area contributed by atoms with Crippen LogP contribution >= 0.6 is 0 Å². The summed E-state index contributed by atoms with van der Waals surface area (Å²) in [4.78, 5) is 25.6. The molecule has 2 aliphatic heterocycles. The molecule has 0 atom stereocenters. The Morgan fingerprint density at radius 3 is 2.88 bits per heavy atom. The van der Waals surface area contributed by atoms with Crippen molar-refractivity contribution in [3.63, 3.8) is 0 Å². The van der Waals surface area contributed by atoms with Crippen LogP contribution in [0.2, 0.25) is 0 Å². The molecule has 1 saturated heterocycles. The Balaban J connectivity index is 1.39. The Morgan fingerprint density at radius 2 is 2.12 bits per heavy atom. The third-order valence-electron chi connectivity index (χ3n) is 5.03. The largest absolute Gasteiger partial charge is 0.494 e. The van der Waals surface area contributed by atoms with Crippen LogP contribution in [0.5, 0.6) is 5.75 Å². The third kappa shape index (κ3) is 4.72. The Labute approximate surface area is 148 Å². The van der Waals surface area contributed by atoms with E-state index in [2.05, 4.69) is 10.6 Å². The smallest absolute Gasteiger partial charge is 0.224 e. The average molecular weight is 345 g/mol. The molecule has 2 heterocycles. The molecule has 0 spiro atoms. The fraction of sp³-hybridized carbons (Fsp3) is 0.579. The van der Waals surface area contributed by atoms with E-state index in [1.165, 1.54) is 0 Å². The van der Waals surface area contributed by atoms with Gasteiger partial charge in [0.25, 0.3) is 0 Å². The minimum absolute atomic E-state index is 0.0680. The van der Waals surface area contributed by atoms with Crippen LogP contribution in [0.3, 0.4) is 0 Å². The number of benzene rings is 1. The number of likely N-dealkylation sites (tertiary alicyclic amines) is 1. The molecule has 0 aromatic heterocycles. The molecule has 0 saturated carbocycles. The number of carbonyl (C=O) groups is 2. The van der Waals surface area contributed by atoms with Crippen LogP contribution in [0.4, 0.5) is 5.69 Å². The van der Waals surface area contributed by atoms with E-state index in [4.69, 9.17) is 4.74 Å². The lowest BCUT2D eigenvalue weighted by Crippen LogP contribution is -2.43. The summed E-state index contributed by atoms with van der Waals surface area (Å²) in [6, 6.07) is 6.29. The number of hydrogen-bond acceptors (Lipinski definition) is 4. The molecule has 2 aliphatic rings. The summed E-state index contributed by atoms with van der Waals surface area (Å²) in [7, 11) is 1.98. The lowest BCUT2D eigenvalue weighted by Gasteiger charge is -2.31. The van der Waals surface area contributed by atoms with Gasteiger partial charge >= 0.3 is 0 Å². The molecule has 1 fully saturated rings. The molecule has 0 aliphatic carbocycles. The lowest BCUT2D eigenvalue weighted by atomic mass is 10.0. The third-order valence-corrected chi connectivity index (χ3v) is 5.03. The van der Waals surface area contributed by atoms with E-state index in [1.807, 2.05) is 30.1 Å². The van der Waals surface area contributed by atoms with Gasteiger partial charge in [0, 0.05) is 37.7 Å². The van der Waals surface area contributed by atoms with Crippen molar-refractivity contribution in [2.75, 3.05) is 32.1 Å². The van der Waals surface area contributed by atoms with Gasteiger partial charge in [-0.05, 0) is 56.5 Å². The topological polar surface area (TPSA) is 70.7 Å². The van der Waals surface area contributed by atoms with E-state index in [9.17, 15) is 9.59 Å². The highest BCUT2D eigenvalue weighted by atomic mass is 16.5. The Bertz CT molecular complexity index is 624. The van der Waals surface area contributed by atoms with Crippen molar-refractivity contribution in [3.8, 4) is 5.75 Å². The minimum Gasteiger partial charge on any atom is -0.494 e. The molecular weight excluding hydrogens is 318 g/mol. The highest BCUT2D eigenvalue weighted by Gasteiger charge is 2.21. The molecule has 0 radical (unpaired) electrons. The number of fused-ring (bicyclic) bond motifs is 1. The monoisotopic (exact) mass is 345 g/mol. The fourth-order valence-electron chi connectivity index (χ4n) is 3.44. The first-order valence-corrected chi connectivity index (χ1v) is 9.16. The van der Waals surface area contributed by atoms with Gasteiger partial charge in [-0.15, -0.1) is 0 Å². The highest BCUT2D eigenvalue weighted by molar-refractivity contribution is 5.94. The van der Waals surface area contributed by atoms with Crippen LogP contribution in [-0.4, -0.2) is 49.5 Å². The molecule has 0 unspecified atom stereocenters. The second kappa shape index (κ2) is 8.34. The van der Waals surface area contributed by atoms with Gasteiger partial charge in [0.15, 0.2) is 0 Å². The van der Waals surface area contributed by atoms with Gasteiger partial charge in [-0.2, -0.15) is 0 Å². The van der Waals surface area contributed by atoms with Crippen molar-refractivity contribution in [2.45, 2.75) is 44.6 Å². The molecule has 25 heavy (non-hydrogen) atoms. The Kier molecular flexibility index (Phi) is 5.91. The first kappa shape index (κ1) is 17.7. The molecule has 6 heteroatoms. The molecule has 136 valence electrons. The number of ether oxygens (including phenoxy) is 1. The molecule has 0 bridgehead atoms. The number of amides is 2. The van der Waals surface area contributed by atoms with Gasteiger partial charge in [-0.1, -0.05) is 0 Å². The quantitative estimate of drug-likeness (QED) is 0.773. The number of anilines is 1. The summed E-state index contributed by atoms with van der Waals surface area (Å²) in [6.07, 6.45) is 4.59. The van der Waals surface area contributed by atoms with Crippen molar-refractivity contribution in [2.24, 2.45) is 0 Å². The zero-order chi connectivity index (χ0) is 17.6. The molecule has 6 nitrogen and oxygen atoms in total. The second-order valence-corrected chi connectivity index (χ2v) is 6.76. The van der Waals surface area contributed by atoms with Crippen LogP contribution in [0, 0.1) is 0 Å². The molecule has 2 amide bonds. The van der Waals surface area contributed by atoms with Crippen LogP contribution < -0.4 is 15.4 Å². The van der Waals surface area contributed by atoms with Crippen LogP contribution in [-0.2, 0) is 16.0 Å². The molecular formula is C19H27N3O3. The van der Waals surface area contributed by atoms with E-state index in [-0.39, 0.29) is 11.8 Å². The normalized spacial score (nSPS) is 17.8. The zero-order valence-electron chi connectivity index (χ0n) is 14.8. The van der Waals surface area contributed by atoms with Crippen molar-refractivity contribution >= 4 is 17.5 Å². The number of hydrogen-bond donors (Lipinski definition) is 2. The summed E-state index contributed by atoms with van der Waals surface area (Å²) in [5, 5.41) is 6.14. The van der Waals surface area contributed by atoms with Crippen LogP contribution in [0.25, 0.3) is 0 Å². The summed E-state index contributed by atoms with van der Waals surface area (Å²) in [5.74, 6) is 1.10. The number of nitrogens with one attached hydrogen (secondary N) is 2. The van der Waals surface area contributed by atoms with Crippen LogP contribution in [0.1, 0.15) is 37.7 Å². The Morgan fingerprint density at radius 1 is 1.32 bits per heavy atom. The fourth-order valence-corrected chi connectivity index (χ4v) is 3.44. The van der Waals surface area contributed by atoms with Gasteiger partial charge in [0.05, 0.1) is 6.61 Å². The summed E-state index contributed by atoms with van der Waals surface area (Å²) < 4.78 is 5.78. The van der Waals surface area contributed by atoms with Crippen molar-refractivity contribution < 1.29 is 14.3 Å². The molecule has 3 rings (SSSR count). The maximum atomic E-state index is 12.2. The Hall–Kier alpha value is -2.08. The van der Waals surface area contributed by atoms with Crippen LogP contribution in [0.15, 0.2) is 18.2 Å². The van der Waals surface area contributed by atoms with E-state index in [1.54, 1.807) is 0 Å². The second-order valence-electron chi connectivity index (χ2n) is 6.76.